The molecule has 1 aromatic carbocycles. The van der Waals surface area contributed by atoms with E-state index in [0.717, 1.165) is 12.8 Å². The van der Waals surface area contributed by atoms with Gasteiger partial charge in [-0.2, -0.15) is 0 Å². The van der Waals surface area contributed by atoms with Crippen molar-refractivity contribution in [2.75, 3.05) is 0 Å². The average Bonchev–Trinajstić information content (AvgIpc) is 2.73. The van der Waals surface area contributed by atoms with Gasteiger partial charge in [0, 0.05) is 6.42 Å². The van der Waals surface area contributed by atoms with E-state index < -0.39 is 5.60 Å². The Labute approximate surface area is 120 Å². The van der Waals surface area contributed by atoms with Crippen LogP contribution in [0.5, 0.6) is 0 Å². The fourth-order valence-electron chi connectivity index (χ4n) is 3.86. The van der Waals surface area contributed by atoms with Crippen LogP contribution in [0.1, 0.15) is 38.3 Å². The number of hydrogen-bond acceptors (Lipinski definition) is 3. The molecule has 1 N–H and O–H groups in total. The molecule has 0 spiro atoms. The van der Waals surface area contributed by atoms with Crippen molar-refractivity contribution in [3.8, 4) is 5.69 Å². The van der Waals surface area contributed by atoms with Crippen molar-refractivity contribution < 1.29 is 5.11 Å². The summed E-state index contributed by atoms with van der Waals surface area (Å²) in [5, 5.41) is 10.5. The zero-order valence-electron chi connectivity index (χ0n) is 11.8. The standard InChI is InChI=1S/C15H17N3O3/c1-15(21)9-11-7-8-12(15)18-14(20)16(13(19)17(11)18)10-5-3-2-4-6-10/h2-6,11-12,21H,7-9H2,1H3. The highest BCUT2D eigenvalue weighted by Gasteiger charge is 2.49. The molecule has 0 amide bonds. The minimum atomic E-state index is -0.929. The van der Waals surface area contributed by atoms with Gasteiger partial charge in [0.25, 0.3) is 0 Å². The number of benzene rings is 1. The highest BCUT2D eigenvalue weighted by atomic mass is 16.3. The van der Waals surface area contributed by atoms with Crippen LogP contribution in [0.2, 0.25) is 0 Å². The van der Waals surface area contributed by atoms with Crippen LogP contribution in [-0.4, -0.2) is 24.6 Å². The van der Waals surface area contributed by atoms with Gasteiger partial charge in [0.15, 0.2) is 0 Å². The third kappa shape index (κ3) is 1.56. The van der Waals surface area contributed by atoms with Gasteiger partial charge in [-0.15, -0.1) is 0 Å². The maximum Gasteiger partial charge on any atom is 0.352 e. The second kappa shape index (κ2) is 3.98. The molecule has 2 aliphatic heterocycles. The minimum absolute atomic E-state index is 0.102. The van der Waals surface area contributed by atoms with E-state index in [0.29, 0.717) is 12.1 Å². The van der Waals surface area contributed by atoms with Gasteiger partial charge in [-0.1, -0.05) is 18.2 Å². The number of fused-ring (bicyclic) bond motifs is 2. The van der Waals surface area contributed by atoms with Gasteiger partial charge in [-0.3, -0.25) is 0 Å². The number of aromatic nitrogens is 3. The highest BCUT2D eigenvalue weighted by Crippen LogP contribution is 2.45. The quantitative estimate of drug-likeness (QED) is 0.844. The van der Waals surface area contributed by atoms with Crippen LogP contribution in [0, 0.1) is 0 Å². The minimum Gasteiger partial charge on any atom is -0.388 e. The second-order valence-corrected chi connectivity index (χ2v) is 6.23. The summed E-state index contributed by atoms with van der Waals surface area (Å²) >= 11 is 0. The molecule has 21 heavy (non-hydrogen) atoms. The molecule has 6 nitrogen and oxygen atoms in total. The van der Waals surface area contributed by atoms with Gasteiger partial charge in [-0.25, -0.2) is 23.5 Å². The van der Waals surface area contributed by atoms with Crippen molar-refractivity contribution in [2.24, 2.45) is 0 Å². The van der Waals surface area contributed by atoms with E-state index in [-0.39, 0.29) is 23.5 Å². The Bertz CT molecular complexity index is 813. The summed E-state index contributed by atoms with van der Waals surface area (Å²) in [6.07, 6.45) is 2.09. The molecule has 1 aliphatic carbocycles. The third-order valence-corrected chi connectivity index (χ3v) is 4.80. The molecule has 3 aliphatic rings. The normalized spacial score (nSPS) is 30.4. The van der Waals surface area contributed by atoms with Gasteiger partial charge in [-0.05, 0) is 31.9 Å². The molecule has 110 valence electrons. The summed E-state index contributed by atoms with van der Waals surface area (Å²) in [5.41, 5.74) is -1.03. The molecule has 6 heteroatoms. The maximum absolute atomic E-state index is 12.7. The maximum atomic E-state index is 12.7. The second-order valence-electron chi connectivity index (χ2n) is 6.23. The van der Waals surface area contributed by atoms with Crippen LogP contribution in [0.3, 0.4) is 0 Å². The lowest BCUT2D eigenvalue weighted by atomic mass is 9.77. The van der Waals surface area contributed by atoms with Crippen molar-refractivity contribution in [3.05, 3.63) is 51.3 Å². The molecule has 0 radical (unpaired) electrons. The summed E-state index contributed by atoms with van der Waals surface area (Å²) in [7, 11) is 0. The first-order valence-corrected chi connectivity index (χ1v) is 7.24. The first kappa shape index (κ1) is 12.6. The lowest BCUT2D eigenvalue weighted by Crippen LogP contribution is -2.54. The predicted molar refractivity (Wildman–Crippen MR) is 76.8 cm³/mol. The Morgan fingerprint density at radius 1 is 1.10 bits per heavy atom. The Kier molecular flexibility index (Phi) is 2.39. The highest BCUT2D eigenvalue weighted by molar-refractivity contribution is 5.30. The van der Waals surface area contributed by atoms with Gasteiger partial charge in [0.2, 0.25) is 0 Å². The van der Waals surface area contributed by atoms with Crippen molar-refractivity contribution >= 4 is 0 Å². The van der Waals surface area contributed by atoms with Gasteiger partial charge in [0.1, 0.15) is 0 Å². The molecular formula is C15H17N3O3. The molecule has 3 heterocycles. The molecule has 2 aromatic rings. The number of para-hydroxylation sites is 1. The Morgan fingerprint density at radius 3 is 2.43 bits per heavy atom. The van der Waals surface area contributed by atoms with Crippen LogP contribution in [0.4, 0.5) is 0 Å². The zero-order valence-corrected chi connectivity index (χ0v) is 11.8. The summed E-state index contributed by atoms with van der Waals surface area (Å²) < 4.78 is 4.21. The van der Waals surface area contributed by atoms with E-state index in [2.05, 4.69) is 0 Å². The van der Waals surface area contributed by atoms with E-state index in [9.17, 15) is 14.7 Å². The summed E-state index contributed by atoms with van der Waals surface area (Å²) in [5.74, 6) is 0. The lowest BCUT2D eigenvalue weighted by Gasteiger charge is -2.47. The first-order valence-electron chi connectivity index (χ1n) is 7.24. The average molecular weight is 287 g/mol. The fraction of sp³-hybridized carbons (Fsp3) is 0.467. The molecule has 0 saturated heterocycles. The van der Waals surface area contributed by atoms with Crippen molar-refractivity contribution in [1.29, 1.82) is 0 Å². The van der Waals surface area contributed by atoms with Gasteiger partial charge >= 0.3 is 11.4 Å². The molecule has 3 unspecified atom stereocenters. The molecule has 2 bridgehead atoms. The van der Waals surface area contributed by atoms with Crippen molar-refractivity contribution in [1.82, 2.24) is 13.9 Å². The summed E-state index contributed by atoms with van der Waals surface area (Å²) in [6, 6.07) is 8.50. The third-order valence-electron chi connectivity index (χ3n) is 4.80. The SMILES string of the molecule is CC1(O)CC2CCC1n1c(=O)n(-c3ccccc3)c(=O)n12. The first-order chi connectivity index (χ1) is 10.0. The smallest absolute Gasteiger partial charge is 0.352 e. The van der Waals surface area contributed by atoms with Crippen LogP contribution in [0.25, 0.3) is 5.69 Å². The topological polar surface area (TPSA) is 69.2 Å². The van der Waals surface area contributed by atoms with Crippen LogP contribution in [-0.2, 0) is 0 Å². The number of hydrogen-bond donors (Lipinski definition) is 1. The molecular weight excluding hydrogens is 270 g/mol. The monoisotopic (exact) mass is 287 g/mol. The Hall–Kier alpha value is -2.08. The van der Waals surface area contributed by atoms with Crippen LogP contribution < -0.4 is 11.4 Å². The zero-order chi connectivity index (χ0) is 14.8. The molecule has 3 atom stereocenters. The Morgan fingerprint density at radius 2 is 1.76 bits per heavy atom. The molecule has 1 aromatic heterocycles. The predicted octanol–water partition coefficient (Wildman–Crippen LogP) is 0.831. The van der Waals surface area contributed by atoms with Gasteiger partial charge < -0.3 is 5.11 Å². The van der Waals surface area contributed by atoms with Crippen LogP contribution in [0.15, 0.2) is 39.9 Å². The largest absolute Gasteiger partial charge is 0.388 e. The van der Waals surface area contributed by atoms with Crippen LogP contribution >= 0.6 is 0 Å². The number of aliphatic hydroxyl groups is 1. The van der Waals surface area contributed by atoms with E-state index in [1.807, 2.05) is 6.07 Å². The summed E-state index contributed by atoms with van der Waals surface area (Å²) in [6.45, 7) is 1.75. The van der Waals surface area contributed by atoms with E-state index >= 15 is 0 Å². The van der Waals surface area contributed by atoms with Gasteiger partial charge in [0.05, 0.1) is 23.4 Å². The fourth-order valence-corrected chi connectivity index (χ4v) is 3.86. The van der Waals surface area contributed by atoms with E-state index in [1.54, 1.807) is 35.9 Å². The van der Waals surface area contributed by atoms with E-state index in [4.69, 9.17) is 0 Å². The van der Waals surface area contributed by atoms with E-state index in [1.165, 1.54) is 9.25 Å². The van der Waals surface area contributed by atoms with Crippen molar-refractivity contribution in [3.63, 3.8) is 0 Å². The Balaban J connectivity index is 2.02. The van der Waals surface area contributed by atoms with Crippen molar-refractivity contribution in [2.45, 2.75) is 43.9 Å². The molecule has 1 saturated carbocycles. The molecule has 5 rings (SSSR count). The number of rotatable bonds is 1. The molecule has 1 fully saturated rings. The lowest BCUT2D eigenvalue weighted by molar-refractivity contribution is -0.0860. The summed E-state index contributed by atoms with van der Waals surface area (Å²) in [4.78, 5) is 25.4. The number of nitrogens with zero attached hydrogens (tertiary/aromatic N) is 3.